The van der Waals surface area contributed by atoms with Gasteiger partial charge in [-0.1, -0.05) is 12.1 Å². The first kappa shape index (κ1) is 18.4. The van der Waals surface area contributed by atoms with E-state index in [2.05, 4.69) is 15.6 Å². The molecule has 0 saturated heterocycles. The molecule has 29 heavy (non-hydrogen) atoms. The number of anilines is 2. The number of oxazole rings is 1. The number of rotatable bonds is 5. The van der Waals surface area contributed by atoms with Crippen LogP contribution in [0.1, 0.15) is 0 Å². The van der Waals surface area contributed by atoms with E-state index in [1.165, 1.54) is 0 Å². The van der Waals surface area contributed by atoms with E-state index in [1.54, 1.807) is 44.6 Å². The Morgan fingerprint density at radius 1 is 0.862 bits per heavy atom. The normalized spacial score (nSPS) is 10.6. The van der Waals surface area contributed by atoms with Gasteiger partial charge >= 0.3 is 6.03 Å². The van der Waals surface area contributed by atoms with Crippen LogP contribution in [0, 0.1) is 0 Å². The SMILES string of the molecule is COc1ccc(NC(=O)Nc2ccc(-c3nc4ccccc4o3)cc2)cc1OC. The average molecular weight is 389 g/mol. The van der Waals surface area contributed by atoms with Gasteiger partial charge in [-0.05, 0) is 48.5 Å². The van der Waals surface area contributed by atoms with Gasteiger partial charge < -0.3 is 24.5 Å². The highest BCUT2D eigenvalue weighted by atomic mass is 16.5. The molecule has 0 saturated carbocycles. The van der Waals surface area contributed by atoms with Gasteiger partial charge in [-0.2, -0.15) is 0 Å². The number of urea groups is 1. The third-order valence-corrected chi connectivity index (χ3v) is 4.33. The van der Waals surface area contributed by atoms with Gasteiger partial charge in [0, 0.05) is 23.0 Å². The third kappa shape index (κ3) is 3.98. The first-order valence-electron chi connectivity index (χ1n) is 8.92. The van der Waals surface area contributed by atoms with E-state index in [9.17, 15) is 4.79 Å². The number of benzene rings is 3. The summed E-state index contributed by atoms with van der Waals surface area (Å²) in [5, 5.41) is 5.55. The molecule has 146 valence electrons. The van der Waals surface area contributed by atoms with E-state index in [1.807, 2.05) is 36.4 Å². The molecule has 0 fully saturated rings. The smallest absolute Gasteiger partial charge is 0.323 e. The number of carbonyl (C=O) groups excluding carboxylic acids is 1. The second-order valence-electron chi connectivity index (χ2n) is 6.21. The zero-order valence-corrected chi connectivity index (χ0v) is 15.9. The molecule has 3 aromatic carbocycles. The van der Waals surface area contributed by atoms with E-state index in [0.717, 1.165) is 16.7 Å². The summed E-state index contributed by atoms with van der Waals surface area (Å²) in [7, 11) is 3.10. The predicted octanol–water partition coefficient (Wildman–Crippen LogP) is 5.16. The van der Waals surface area contributed by atoms with E-state index < -0.39 is 0 Å². The summed E-state index contributed by atoms with van der Waals surface area (Å²) in [4.78, 5) is 16.8. The van der Waals surface area contributed by atoms with Crippen LogP contribution < -0.4 is 20.1 Å². The quantitative estimate of drug-likeness (QED) is 0.493. The fourth-order valence-electron chi connectivity index (χ4n) is 2.90. The fraction of sp³-hybridized carbons (Fsp3) is 0.0909. The topological polar surface area (TPSA) is 85.6 Å². The molecule has 1 aromatic heterocycles. The summed E-state index contributed by atoms with van der Waals surface area (Å²) in [6, 6.07) is 19.6. The van der Waals surface area contributed by atoms with Crippen molar-refractivity contribution in [2.75, 3.05) is 24.9 Å². The molecule has 1 heterocycles. The minimum atomic E-state index is -0.369. The van der Waals surface area contributed by atoms with Crippen molar-refractivity contribution >= 4 is 28.5 Å². The first-order valence-corrected chi connectivity index (χ1v) is 8.92. The molecule has 0 bridgehead atoms. The Morgan fingerprint density at radius 3 is 2.28 bits per heavy atom. The van der Waals surface area contributed by atoms with Gasteiger partial charge in [-0.3, -0.25) is 0 Å². The summed E-state index contributed by atoms with van der Waals surface area (Å²) in [6.45, 7) is 0. The number of nitrogens with zero attached hydrogens (tertiary/aromatic N) is 1. The number of fused-ring (bicyclic) bond motifs is 1. The minimum absolute atomic E-state index is 0.369. The molecule has 4 rings (SSSR count). The summed E-state index contributed by atoms with van der Waals surface area (Å²) >= 11 is 0. The maximum Gasteiger partial charge on any atom is 0.323 e. The molecule has 0 atom stereocenters. The summed E-state index contributed by atoms with van der Waals surface area (Å²) < 4.78 is 16.2. The van der Waals surface area contributed by atoms with Crippen molar-refractivity contribution in [3.05, 3.63) is 66.7 Å². The molecule has 0 aliphatic rings. The van der Waals surface area contributed by atoms with Gasteiger partial charge in [-0.25, -0.2) is 9.78 Å². The zero-order chi connectivity index (χ0) is 20.2. The molecular formula is C22H19N3O4. The summed E-state index contributed by atoms with van der Waals surface area (Å²) in [6.07, 6.45) is 0. The van der Waals surface area contributed by atoms with E-state index in [0.29, 0.717) is 28.8 Å². The van der Waals surface area contributed by atoms with E-state index in [-0.39, 0.29) is 6.03 Å². The van der Waals surface area contributed by atoms with Crippen LogP contribution in [0.4, 0.5) is 16.2 Å². The van der Waals surface area contributed by atoms with Crippen molar-refractivity contribution in [2.24, 2.45) is 0 Å². The molecular weight excluding hydrogens is 370 g/mol. The molecule has 0 aliphatic heterocycles. The monoisotopic (exact) mass is 389 g/mol. The van der Waals surface area contributed by atoms with Crippen LogP contribution in [0.3, 0.4) is 0 Å². The molecule has 7 nitrogen and oxygen atoms in total. The Bertz CT molecular complexity index is 1120. The number of amides is 2. The third-order valence-electron chi connectivity index (χ3n) is 4.33. The molecule has 2 N–H and O–H groups in total. The average Bonchev–Trinajstić information content (AvgIpc) is 3.18. The number of nitrogens with one attached hydrogen (secondary N) is 2. The lowest BCUT2D eigenvalue weighted by Gasteiger charge is -2.11. The molecule has 2 amide bonds. The van der Waals surface area contributed by atoms with Gasteiger partial charge in [0.25, 0.3) is 0 Å². The Hall–Kier alpha value is -4.00. The minimum Gasteiger partial charge on any atom is -0.493 e. The van der Waals surface area contributed by atoms with Gasteiger partial charge in [0.15, 0.2) is 17.1 Å². The lowest BCUT2D eigenvalue weighted by molar-refractivity contribution is 0.262. The Kier molecular flexibility index (Phi) is 5.03. The van der Waals surface area contributed by atoms with Crippen LogP contribution >= 0.6 is 0 Å². The number of hydrogen-bond donors (Lipinski definition) is 2. The van der Waals surface area contributed by atoms with Gasteiger partial charge in [0.2, 0.25) is 5.89 Å². The van der Waals surface area contributed by atoms with Gasteiger partial charge in [-0.15, -0.1) is 0 Å². The molecule has 0 radical (unpaired) electrons. The number of hydrogen-bond acceptors (Lipinski definition) is 5. The van der Waals surface area contributed by atoms with Crippen molar-refractivity contribution in [3.8, 4) is 23.0 Å². The second kappa shape index (κ2) is 7.93. The van der Waals surface area contributed by atoms with Crippen LogP contribution in [0.25, 0.3) is 22.6 Å². The number of para-hydroxylation sites is 2. The van der Waals surface area contributed by atoms with Crippen molar-refractivity contribution < 1.29 is 18.7 Å². The van der Waals surface area contributed by atoms with Crippen LogP contribution in [0.2, 0.25) is 0 Å². The highest BCUT2D eigenvalue weighted by Crippen LogP contribution is 2.30. The van der Waals surface area contributed by atoms with Gasteiger partial charge in [0.1, 0.15) is 5.52 Å². The highest BCUT2D eigenvalue weighted by molar-refractivity contribution is 6.00. The largest absolute Gasteiger partial charge is 0.493 e. The Balaban J connectivity index is 1.44. The lowest BCUT2D eigenvalue weighted by Crippen LogP contribution is -2.19. The van der Waals surface area contributed by atoms with E-state index in [4.69, 9.17) is 13.9 Å². The number of aromatic nitrogens is 1. The van der Waals surface area contributed by atoms with E-state index >= 15 is 0 Å². The molecule has 0 spiro atoms. The van der Waals surface area contributed by atoms with Crippen LogP contribution in [-0.2, 0) is 0 Å². The fourth-order valence-corrected chi connectivity index (χ4v) is 2.90. The maximum atomic E-state index is 12.3. The van der Waals surface area contributed by atoms with Crippen LogP contribution in [0.15, 0.2) is 71.1 Å². The number of methoxy groups -OCH3 is 2. The van der Waals surface area contributed by atoms with Crippen LogP contribution in [0.5, 0.6) is 11.5 Å². The molecule has 0 unspecified atom stereocenters. The number of carbonyl (C=O) groups is 1. The molecule has 4 aromatic rings. The van der Waals surface area contributed by atoms with Crippen LogP contribution in [-0.4, -0.2) is 25.2 Å². The van der Waals surface area contributed by atoms with Crippen molar-refractivity contribution in [3.63, 3.8) is 0 Å². The standard InChI is InChI=1S/C22H19N3O4/c1-27-19-12-11-16(13-20(19)28-2)24-22(26)23-15-9-7-14(8-10-15)21-25-17-5-3-4-6-18(17)29-21/h3-13H,1-2H3,(H2,23,24,26). The lowest BCUT2D eigenvalue weighted by atomic mass is 10.2. The predicted molar refractivity (Wildman–Crippen MR) is 112 cm³/mol. The van der Waals surface area contributed by atoms with Gasteiger partial charge in [0.05, 0.1) is 14.2 Å². The van der Waals surface area contributed by atoms with Crippen molar-refractivity contribution in [1.82, 2.24) is 4.98 Å². The maximum absolute atomic E-state index is 12.3. The summed E-state index contributed by atoms with van der Waals surface area (Å²) in [5.74, 6) is 1.66. The van der Waals surface area contributed by atoms with Crippen molar-refractivity contribution in [1.29, 1.82) is 0 Å². The number of ether oxygens (including phenoxy) is 2. The zero-order valence-electron chi connectivity index (χ0n) is 15.9. The van der Waals surface area contributed by atoms with Crippen molar-refractivity contribution in [2.45, 2.75) is 0 Å². The Morgan fingerprint density at radius 2 is 1.55 bits per heavy atom. The Labute approximate surface area is 167 Å². The summed E-state index contributed by atoms with van der Waals surface area (Å²) in [5.41, 5.74) is 3.59. The molecule has 0 aliphatic carbocycles. The second-order valence-corrected chi connectivity index (χ2v) is 6.21. The highest BCUT2D eigenvalue weighted by Gasteiger charge is 2.10. The first-order chi connectivity index (χ1) is 14.2. The molecule has 7 heteroatoms.